The van der Waals surface area contributed by atoms with E-state index in [1.165, 1.54) is 0 Å². The molecule has 6 nitrogen and oxygen atoms in total. The summed E-state index contributed by atoms with van der Waals surface area (Å²) in [5.41, 5.74) is 0. The molecule has 0 aliphatic heterocycles. The van der Waals surface area contributed by atoms with Gasteiger partial charge in [0.25, 0.3) is 0 Å². The summed E-state index contributed by atoms with van der Waals surface area (Å²) in [6, 6.07) is 0. The minimum Gasteiger partial charge on any atom is -0.463 e. The van der Waals surface area contributed by atoms with Gasteiger partial charge < -0.3 is 18.3 Å². The van der Waals surface area contributed by atoms with Crippen LogP contribution in [0, 0.1) is 11.8 Å². The monoisotopic (exact) mass is 348 g/mol. The van der Waals surface area contributed by atoms with Crippen LogP contribution in [0.1, 0.15) is 40.5 Å². The molecule has 0 radical (unpaired) electrons. The van der Waals surface area contributed by atoms with E-state index in [0.29, 0.717) is 13.2 Å². The van der Waals surface area contributed by atoms with E-state index in [0.717, 1.165) is 12.8 Å². The number of carbonyl (C=O) groups is 2. The Labute approximate surface area is 141 Å². The smallest absolute Gasteiger partial charge is 0.331 e. The molecule has 0 N–H and O–H groups in total. The lowest BCUT2D eigenvalue weighted by Crippen LogP contribution is -2.37. The summed E-state index contributed by atoms with van der Waals surface area (Å²) >= 11 is 0. The highest BCUT2D eigenvalue weighted by Crippen LogP contribution is 2.08. The Bertz CT molecular complexity index is 326. The molecule has 0 aromatic rings. The van der Waals surface area contributed by atoms with Crippen molar-refractivity contribution < 1.29 is 27.9 Å². The average molecular weight is 349 g/mol. The molecular weight excluding hydrogens is 316 g/mol. The largest absolute Gasteiger partial charge is 0.463 e. The van der Waals surface area contributed by atoms with E-state index in [4.69, 9.17) is 18.3 Å². The van der Waals surface area contributed by atoms with Gasteiger partial charge in [0.15, 0.2) is 0 Å². The molecule has 0 bridgehead atoms. The van der Waals surface area contributed by atoms with E-state index < -0.39 is 8.56 Å². The van der Waals surface area contributed by atoms with Crippen molar-refractivity contribution in [3.8, 4) is 0 Å². The lowest BCUT2D eigenvalue weighted by molar-refractivity contribution is -0.149. The van der Waals surface area contributed by atoms with Crippen molar-refractivity contribution in [2.45, 2.75) is 53.6 Å². The Morgan fingerprint density at radius 1 is 0.783 bits per heavy atom. The second-order valence-electron chi connectivity index (χ2n) is 6.05. The van der Waals surface area contributed by atoms with Crippen molar-refractivity contribution >= 4 is 20.5 Å². The molecule has 7 heteroatoms. The van der Waals surface area contributed by atoms with E-state index in [9.17, 15) is 9.59 Å². The maximum absolute atomic E-state index is 11.5. The molecule has 0 fully saturated rings. The molecule has 136 valence electrons. The molecule has 2 unspecified atom stereocenters. The van der Waals surface area contributed by atoms with E-state index in [1.807, 2.05) is 40.8 Å². The van der Waals surface area contributed by atoms with Gasteiger partial charge >= 0.3 is 20.5 Å². The molecule has 0 heterocycles. The molecule has 0 aliphatic rings. The third-order valence-corrected chi connectivity index (χ3v) is 5.38. The van der Waals surface area contributed by atoms with Crippen LogP contribution in [0.4, 0.5) is 0 Å². The number of ether oxygens (including phenoxy) is 2. The van der Waals surface area contributed by atoms with Crippen LogP contribution < -0.4 is 0 Å². The Balaban J connectivity index is 3.80. The maximum Gasteiger partial charge on any atom is 0.331 e. The predicted octanol–water partition coefficient (Wildman–Crippen LogP) is 2.90. The van der Waals surface area contributed by atoms with Gasteiger partial charge in [0.05, 0.1) is 25.0 Å². The predicted molar refractivity (Wildman–Crippen MR) is 90.2 cm³/mol. The number of hydrogen-bond donors (Lipinski definition) is 0. The Kier molecular flexibility index (Phi) is 11.1. The minimum absolute atomic E-state index is 0.0864. The third kappa shape index (κ3) is 10.5. The Morgan fingerprint density at radius 3 is 1.43 bits per heavy atom. The van der Waals surface area contributed by atoms with E-state index in [-0.39, 0.29) is 37.0 Å². The number of esters is 2. The molecule has 0 saturated carbocycles. The molecule has 23 heavy (non-hydrogen) atoms. The van der Waals surface area contributed by atoms with Crippen LogP contribution in [-0.4, -0.2) is 46.9 Å². The maximum atomic E-state index is 11.5. The van der Waals surface area contributed by atoms with Crippen molar-refractivity contribution in [1.29, 1.82) is 0 Å². The first kappa shape index (κ1) is 22.1. The number of rotatable bonds is 12. The van der Waals surface area contributed by atoms with Crippen LogP contribution in [0.2, 0.25) is 13.1 Å². The van der Waals surface area contributed by atoms with Crippen LogP contribution in [0.25, 0.3) is 0 Å². The summed E-state index contributed by atoms with van der Waals surface area (Å²) in [4.78, 5) is 23.0. The second kappa shape index (κ2) is 11.6. The summed E-state index contributed by atoms with van der Waals surface area (Å²) < 4.78 is 21.6. The summed E-state index contributed by atoms with van der Waals surface area (Å²) in [5.74, 6) is -0.574. The van der Waals surface area contributed by atoms with Crippen molar-refractivity contribution in [3.63, 3.8) is 0 Å². The highest BCUT2D eigenvalue weighted by Gasteiger charge is 2.25. The second-order valence-corrected chi connectivity index (χ2v) is 9.43. The molecule has 0 spiro atoms. The molecule has 2 atom stereocenters. The first-order chi connectivity index (χ1) is 10.7. The summed E-state index contributed by atoms with van der Waals surface area (Å²) in [6.07, 6.45) is 1.52. The third-order valence-electron chi connectivity index (χ3n) is 3.58. The van der Waals surface area contributed by atoms with Gasteiger partial charge in [-0.15, -0.1) is 0 Å². The van der Waals surface area contributed by atoms with Crippen LogP contribution in [0.3, 0.4) is 0 Å². The van der Waals surface area contributed by atoms with E-state index >= 15 is 0 Å². The van der Waals surface area contributed by atoms with E-state index in [1.54, 1.807) is 0 Å². The topological polar surface area (TPSA) is 71.1 Å². The van der Waals surface area contributed by atoms with Gasteiger partial charge in [-0.25, -0.2) is 0 Å². The van der Waals surface area contributed by atoms with Gasteiger partial charge in [-0.2, -0.15) is 0 Å². The van der Waals surface area contributed by atoms with Crippen LogP contribution >= 0.6 is 0 Å². The number of hydrogen-bond acceptors (Lipinski definition) is 6. The summed E-state index contributed by atoms with van der Waals surface area (Å²) in [6.45, 7) is 12.5. The van der Waals surface area contributed by atoms with Gasteiger partial charge in [-0.1, -0.05) is 27.7 Å². The van der Waals surface area contributed by atoms with Crippen molar-refractivity contribution in [3.05, 3.63) is 0 Å². The normalized spacial score (nSPS) is 14.2. The highest BCUT2D eigenvalue weighted by atomic mass is 28.4. The van der Waals surface area contributed by atoms with Crippen LogP contribution in [0.15, 0.2) is 0 Å². The molecule has 0 amide bonds. The molecule has 0 aromatic carbocycles. The van der Waals surface area contributed by atoms with Crippen molar-refractivity contribution in [2.75, 3.05) is 26.4 Å². The fraction of sp³-hybridized carbons (Fsp3) is 0.875. The standard InChI is InChI=1S/C16H32O6Si/c1-7-13(3)15(17)19-9-11-21-23(5,6)22-12-10-20-16(18)14(4)8-2/h13-14H,7-12H2,1-6H3. The van der Waals surface area contributed by atoms with Crippen LogP contribution in [-0.2, 0) is 27.9 Å². The zero-order valence-corrected chi connectivity index (χ0v) is 16.3. The lowest BCUT2D eigenvalue weighted by atomic mass is 10.1. The summed E-state index contributed by atoms with van der Waals surface area (Å²) in [5, 5.41) is 0. The quantitative estimate of drug-likeness (QED) is 0.307. The highest BCUT2D eigenvalue weighted by molar-refractivity contribution is 6.64. The molecule has 0 aromatic heterocycles. The molecule has 0 aliphatic carbocycles. The summed E-state index contributed by atoms with van der Waals surface area (Å²) in [7, 11) is -2.30. The SMILES string of the molecule is CCC(C)C(=O)OCCO[Si](C)(C)OCCOC(=O)C(C)CC. The molecular formula is C16H32O6Si. The van der Waals surface area contributed by atoms with E-state index in [2.05, 4.69) is 0 Å². The van der Waals surface area contributed by atoms with Gasteiger partial charge in [0.2, 0.25) is 0 Å². The fourth-order valence-electron chi connectivity index (χ4n) is 1.52. The zero-order valence-electron chi connectivity index (χ0n) is 15.3. The first-order valence-corrected chi connectivity index (χ1v) is 11.2. The Morgan fingerprint density at radius 2 is 1.13 bits per heavy atom. The van der Waals surface area contributed by atoms with Crippen molar-refractivity contribution in [2.24, 2.45) is 11.8 Å². The fourth-order valence-corrected chi connectivity index (χ4v) is 2.75. The number of carbonyl (C=O) groups excluding carboxylic acids is 2. The van der Waals surface area contributed by atoms with Crippen molar-refractivity contribution in [1.82, 2.24) is 0 Å². The Hall–Kier alpha value is -0.923. The molecule has 0 saturated heterocycles. The molecule has 0 rings (SSSR count). The lowest BCUT2D eigenvalue weighted by Gasteiger charge is -2.23. The first-order valence-electron chi connectivity index (χ1n) is 8.34. The minimum atomic E-state index is -2.30. The van der Waals surface area contributed by atoms with Crippen LogP contribution in [0.5, 0.6) is 0 Å². The van der Waals surface area contributed by atoms with Gasteiger partial charge in [0, 0.05) is 0 Å². The van der Waals surface area contributed by atoms with Gasteiger partial charge in [-0.05, 0) is 25.9 Å². The zero-order chi connectivity index (χ0) is 17.9. The van der Waals surface area contributed by atoms with Gasteiger partial charge in [-0.3, -0.25) is 9.59 Å². The van der Waals surface area contributed by atoms with Gasteiger partial charge in [0.1, 0.15) is 13.2 Å². The average Bonchev–Trinajstić information content (AvgIpc) is 2.53.